The summed E-state index contributed by atoms with van der Waals surface area (Å²) in [7, 11) is -3.42. The van der Waals surface area contributed by atoms with Gasteiger partial charge >= 0.3 is 0 Å². The first-order valence-corrected chi connectivity index (χ1v) is 9.73. The van der Waals surface area contributed by atoms with Gasteiger partial charge in [-0.15, -0.1) is 11.3 Å². The molecule has 1 heterocycles. The van der Waals surface area contributed by atoms with E-state index in [0.29, 0.717) is 26.3 Å². The Labute approximate surface area is 144 Å². The second-order valence-electron chi connectivity index (χ2n) is 4.86. The van der Waals surface area contributed by atoms with Crippen molar-refractivity contribution in [2.75, 3.05) is 0 Å². The SMILES string of the molecule is O=S(=O)(Cc1cc(Cl)ccc1Oc1ccccc1)c1cccs1. The number of hydrogen-bond acceptors (Lipinski definition) is 4. The van der Waals surface area contributed by atoms with E-state index >= 15 is 0 Å². The number of halogens is 1. The van der Waals surface area contributed by atoms with Crippen molar-refractivity contribution < 1.29 is 13.2 Å². The van der Waals surface area contributed by atoms with E-state index in [2.05, 4.69) is 0 Å². The molecule has 0 N–H and O–H groups in total. The highest BCUT2D eigenvalue weighted by Gasteiger charge is 2.19. The average molecular weight is 365 g/mol. The molecule has 0 fully saturated rings. The highest BCUT2D eigenvalue weighted by molar-refractivity contribution is 7.92. The van der Waals surface area contributed by atoms with E-state index < -0.39 is 9.84 Å². The maximum Gasteiger partial charge on any atom is 0.192 e. The van der Waals surface area contributed by atoms with E-state index in [1.165, 1.54) is 11.3 Å². The van der Waals surface area contributed by atoms with Crippen LogP contribution in [0.1, 0.15) is 5.56 Å². The quantitative estimate of drug-likeness (QED) is 0.627. The molecule has 6 heteroatoms. The second kappa shape index (κ2) is 6.74. The molecule has 23 heavy (non-hydrogen) atoms. The van der Waals surface area contributed by atoms with Crippen molar-refractivity contribution in [1.82, 2.24) is 0 Å². The van der Waals surface area contributed by atoms with Crippen molar-refractivity contribution in [3.8, 4) is 11.5 Å². The van der Waals surface area contributed by atoms with Crippen LogP contribution in [0.25, 0.3) is 0 Å². The van der Waals surface area contributed by atoms with Crippen molar-refractivity contribution >= 4 is 32.8 Å². The summed E-state index contributed by atoms with van der Waals surface area (Å²) in [6, 6.07) is 17.5. The largest absolute Gasteiger partial charge is 0.457 e. The first kappa shape index (κ1) is 16.1. The molecule has 0 spiro atoms. The van der Waals surface area contributed by atoms with Crippen LogP contribution >= 0.6 is 22.9 Å². The number of rotatable bonds is 5. The number of hydrogen-bond donors (Lipinski definition) is 0. The van der Waals surface area contributed by atoms with Crippen LogP contribution in [0.15, 0.2) is 70.3 Å². The van der Waals surface area contributed by atoms with E-state index in [-0.39, 0.29) is 5.75 Å². The molecule has 0 unspecified atom stereocenters. The Morgan fingerprint density at radius 2 is 1.78 bits per heavy atom. The van der Waals surface area contributed by atoms with Gasteiger partial charge in [0.05, 0.1) is 5.75 Å². The molecular weight excluding hydrogens is 352 g/mol. The van der Waals surface area contributed by atoms with Crippen LogP contribution in [0.4, 0.5) is 0 Å². The normalized spacial score (nSPS) is 11.3. The van der Waals surface area contributed by atoms with Crippen LogP contribution in [-0.4, -0.2) is 8.42 Å². The average Bonchev–Trinajstić information content (AvgIpc) is 3.06. The van der Waals surface area contributed by atoms with Gasteiger partial charge in [0.2, 0.25) is 0 Å². The lowest BCUT2D eigenvalue weighted by Gasteiger charge is -2.11. The van der Waals surface area contributed by atoms with Crippen molar-refractivity contribution in [1.29, 1.82) is 0 Å². The molecule has 0 amide bonds. The molecule has 0 saturated carbocycles. The first-order valence-electron chi connectivity index (χ1n) is 6.82. The summed E-state index contributed by atoms with van der Waals surface area (Å²) >= 11 is 7.23. The number of ether oxygens (including phenoxy) is 1. The zero-order valence-corrected chi connectivity index (χ0v) is 14.4. The molecule has 3 rings (SSSR count). The Kier molecular flexibility index (Phi) is 4.71. The van der Waals surface area contributed by atoms with Crippen LogP contribution in [0.3, 0.4) is 0 Å². The van der Waals surface area contributed by atoms with E-state index in [0.717, 1.165) is 0 Å². The predicted molar refractivity (Wildman–Crippen MR) is 93.2 cm³/mol. The van der Waals surface area contributed by atoms with Crippen LogP contribution in [0.5, 0.6) is 11.5 Å². The minimum absolute atomic E-state index is 0.157. The number of sulfone groups is 1. The van der Waals surface area contributed by atoms with Crippen molar-refractivity contribution in [2.45, 2.75) is 9.96 Å². The Balaban J connectivity index is 1.94. The van der Waals surface area contributed by atoms with Crippen molar-refractivity contribution in [3.63, 3.8) is 0 Å². The lowest BCUT2D eigenvalue weighted by molar-refractivity contribution is 0.477. The lowest BCUT2D eigenvalue weighted by atomic mass is 10.2. The van der Waals surface area contributed by atoms with Crippen LogP contribution in [0.2, 0.25) is 5.02 Å². The molecule has 0 saturated heterocycles. The molecule has 0 aliphatic heterocycles. The van der Waals surface area contributed by atoms with Gasteiger partial charge in [0.25, 0.3) is 0 Å². The summed E-state index contributed by atoms with van der Waals surface area (Å²) in [4.78, 5) is 0. The minimum atomic E-state index is -3.42. The monoisotopic (exact) mass is 364 g/mol. The molecular formula is C17H13ClO3S2. The fraction of sp³-hybridized carbons (Fsp3) is 0.0588. The van der Waals surface area contributed by atoms with Crippen LogP contribution in [0, 0.1) is 0 Å². The van der Waals surface area contributed by atoms with Gasteiger partial charge in [0.1, 0.15) is 15.7 Å². The predicted octanol–water partition coefficient (Wildman–Crippen LogP) is 5.17. The second-order valence-corrected chi connectivity index (χ2v) is 8.46. The fourth-order valence-electron chi connectivity index (χ4n) is 2.09. The standard InChI is InChI=1S/C17H13ClO3S2/c18-14-8-9-16(21-15-5-2-1-3-6-15)13(11-14)12-23(19,20)17-7-4-10-22-17/h1-11H,12H2. The molecule has 3 nitrogen and oxygen atoms in total. The Bertz CT molecular complexity index is 889. The molecule has 0 radical (unpaired) electrons. The van der Waals surface area contributed by atoms with E-state index in [9.17, 15) is 8.42 Å². The molecule has 0 aliphatic carbocycles. The minimum Gasteiger partial charge on any atom is -0.457 e. The van der Waals surface area contributed by atoms with E-state index in [1.807, 2.05) is 30.3 Å². The van der Waals surface area contributed by atoms with Gasteiger partial charge in [-0.25, -0.2) is 8.42 Å². The Hall–Kier alpha value is -1.82. The summed E-state index contributed by atoms with van der Waals surface area (Å²) in [5, 5.41) is 2.22. The first-order chi connectivity index (χ1) is 11.0. The van der Waals surface area contributed by atoms with E-state index in [4.69, 9.17) is 16.3 Å². The zero-order chi connectivity index (χ0) is 16.3. The third kappa shape index (κ3) is 3.93. The summed E-state index contributed by atoms with van der Waals surface area (Å²) in [6.45, 7) is 0. The van der Waals surface area contributed by atoms with Gasteiger partial charge in [-0.05, 0) is 41.8 Å². The summed E-state index contributed by atoms with van der Waals surface area (Å²) in [5.74, 6) is 0.973. The molecule has 0 bridgehead atoms. The van der Waals surface area contributed by atoms with Crippen LogP contribution in [-0.2, 0) is 15.6 Å². The lowest BCUT2D eigenvalue weighted by Crippen LogP contribution is -2.04. The third-order valence-electron chi connectivity index (χ3n) is 3.14. The third-order valence-corrected chi connectivity index (χ3v) is 6.53. The molecule has 0 aliphatic rings. The highest BCUT2D eigenvalue weighted by atomic mass is 35.5. The highest BCUT2D eigenvalue weighted by Crippen LogP contribution is 2.31. The maximum atomic E-state index is 12.5. The van der Waals surface area contributed by atoms with Gasteiger partial charge < -0.3 is 4.74 Å². The molecule has 118 valence electrons. The van der Waals surface area contributed by atoms with Gasteiger partial charge in [0, 0.05) is 10.6 Å². The smallest absolute Gasteiger partial charge is 0.192 e. The van der Waals surface area contributed by atoms with Crippen molar-refractivity contribution in [2.24, 2.45) is 0 Å². The van der Waals surface area contributed by atoms with Gasteiger partial charge in [-0.1, -0.05) is 35.9 Å². The summed E-state index contributed by atoms with van der Waals surface area (Å²) in [5.41, 5.74) is 0.537. The molecule has 0 atom stereocenters. The maximum absolute atomic E-state index is 12.5. The number of para-hydroxylation sites is 1. The van der Waals surface area contributed by atoms with Crippen LogP contribution < -0.4 is 4.74 Å². The molecule has 2 aromatic carbocycles. The van der Waals surface area contributed by atoms with Gasteiger partial charge in [-0.3, -0.25) is 0 Å². The molecule has 3 aromatic rings. The van der Waals surface area contributed by atoms with Gasteiger partial charge in [0.15, 0.2) is 9.84 Å². The fourth-order valence-corrected chi connectivity index (χ4v) is 4.73. The summed E-state index contributed by atoms with van der Waals surface area (Å²) in [6.07, 6.45) is 0. The number of thiophene rings is 1. The summed E-state index contributed by atoms with van der Waals surface area (Å²) < 4.78 is 31.1. The van der Waals surface area contributed by atoms with Gasteiger partial charge in [-0.2, -0.15) is 0 Å². The topological polar surface area (TPSA) is 43.4 Å². The number of benzene rings is 2. The molecule has 1 aromatic heterocycles. The zero-order valence-electron chi connectivity index (χ0n) is 12.0. The Morgan fingerprint density at radius 1 is 1.00 bits per heavy atom. The van der Waals surface area contributed by atoms with Crippen molar-refractivity contribution in [3.05, 3.63) is 76.6 Å². The Morgan fingerprint density at radius 3 is 2.48 bits per heavy atom. The van der Waals surface area contributed by atoms with E-state index in [1.54, 1.807) is 35.7 Å².